The van der Waals surface area contributed by atoms with Gasteiger partial charge in [0.25, 0.3) is 0 Å². The standard InChI is InChI=1S/C8H10O3/c1-4-3-5-7(11-5)8(2,10)6(4)9/h3,5,7,10H,1-2H3. The first-order valence-corrected chi connectivity index (χ1v) is 3.64. The molecular formula is C8H10O3. The van der Waals surface area contributed by atoms with Gasteiger partial charge in [-0.25, -0.2) is 0 Å². The highest BCUT2D eigenvalue weighted by molar-refractivity contribution is 6.03. The maximum absolute atomic E-state index is 11.3. The van der Waals surface area contributed by atoms with E-state index in [4.69, 9.17) is 4.74 Å². The van der Waals surface area contributed by atoms with Crippen LogP contribution in [0.4, 0.5) is 0 Å². The predicted octanol–water partition coefficient (Wildman–Crippen LogP) is 0.0338. The van der Waals surface area contributed by atoms with Crippen molar-refractivity contribution in [3.8, 4) is 0 Å². The zero-order valence-electron chi connectivity index (χ0n) is 6.50. The molecule has 2 aliphatic rings. The fraction of sp³-hybridized carbons (Fsp3) is 0.625. The second-order valence-electron chi connectivity index (χ2n) is 3.35. The van der Waals surface area contributed by atoms with Crippen LogP contribution in [0.5, 0.6) is 0 Å². The van der Waals surface area contributed by atoms with Gasteiger partial charge in [-0.05, 0) is 25.5 Å². The summed E-state index contributed by atoms with van der Waals surface area (Å²) in [6.07, 6.45) is 1.45. The largest absolute Gasteiger partial charge is 0.379 e. The molecule has 2 rings (SSSR count). The lowest BCUT2D eigenvalue weighted by molar-refractivity contribution is -0.133. The zero-order chi connectivity index (χ0) is 8.22. The number of hydrogen-bond donors (Lipinski definition) is 1. The van der Waals surface area contributed by atoms with Gasteiger partial charge in [0.15, 0.2) is 11.4 Å². The molecule has 1 saturated heterocycles. The number of ketones is 1. The van der Waals surface area contributed by atoms with Crippen LogP contribution >= 0.6 is 0 Å². The van der Waals surface area contributed by atoms with Gasteiger partial charge < -0.3 is 9.84 Å². The molecule has 1 aliphatic heterocycles. The first-order valence-electron chi connectivity index (χ1n) is 3.64. The quantitative estimate of drug-likeness (QED) is 0.501. The Morgan fingerprint density at radius 2 is 2.36 bits per heavy atom. The molecule has 0 bridgehead atoms. The number of aliphatic hydroxyl groups is 1. The minimum Gasteiger partial charge on any atom is -0.379 e. The van der Waals surface area contributed by atoms with Crippen LogP contribution in [0, 0.1) is 0 Å². The molecule has 1 heterocycles. The summed E-state index contributed by atoms with van der Waals surface area (Å²) in [5.74, 6) is -0.212. The number of ether oxygens (including phenoxy) is 1. The predicted molar refractivity (Wildman–Crippen MR) is 38.0 cm³/mol. The molecule has 3 unspecified atom stereocenters. The molecule has 0 radical (unpaired) electrons. The SMILES string of the molecule is CC1=CC2OC2C(C)(O)C1=O. The highest BCUT2D eigenvalue weighted by atomic mass is 16.6. The fourth-order valence-corrected chi connectivity index (χ4v) is 1.55. The molecule has 0 aromatic heterocycles. The minimum atomic E-state index is -1.29. The third-order valence-electron chi connectivity index (χ3n) is 2.31. The van der Waals surface area contributed by atoms with Crippen LogP contribution < -0.4 is 0 Å². The number of hydrogen-bond acceptors (Lipinski definition) is 3. The molecule has 0 aromatic carbocycles. The molecule has 60 valence electrons. The smallest absolute Gasteiger partial charge is 0.192 e. The maximum Gasteiger partial charge on any atom is 0.192 e. The van der Waals surface area contributed by atoms with Crippen molar-refractivity contribution in [3.05, 3.63) is 11.6 Å². The number of carbonyl (C=O) groups is 1. The molecule has 0 aromatic rings. The van der Waals surface area contributed by atoms with Crippen molar-refractivity contribution >= 4 is 5.78 Å². The molecule has 3 heteroatoms. The van der Waals surface area contributed by atoms with Gasteiger partial charge in [-0.3, -0.25) is 4.79 Å². The summed E-state index contributed by atoms with van der Waals surface area (Å²) in [7, 11) is 0. The third-order valence-corrected chi connectivity index (χ3v) is 2.31. The lowest BCUT2D eigenvalue weighted by Crippen LogP contribution is -2.44. The van der Waals surface area contributed by atoms with E-state index in [2.05, 4.69) is 0 Å². The molecule has 0 amide bonds. The Kier molecular flexibility index (Phi) is 1.10. The van der Waals surface area contributed by atoms with Gasteiger partial charge in [0.2, 0.25) is 0 Å². The van der Waals surface area contributed by atoms with Gasteiger partial charge in [0.1, 0.15) is 12.2 Å². The summed E-state index contributed by atoms with van der Waals surface area (Å²) in [6.45, 7) is 3.21. The molecular weight excluding hydrogens is 144 g/mol. The van der Waals surface area contributed by atoms with E-state index < -0.39 is 5.60 Å². The molecule has 3 atom stereocenters. The van der Waals surface area contributed by atoms with E-state index >= 15 is 0 Å². The van der Waals surface area contributed by atoms with Gasteiger partial charge >= 0.3 is 0 Å². The minimum absolute atomic E-state index is 0.0253. The summed E-state index contributed by atoms with van der Waals surface area (Å²) in [5, 5.41) is 9.61. The second kappa shape index (κ2) is 1.73. The van der Waals surface area contributed by atoms with Crippen LogP contribution in [0.3, 0.4) is 0 Å². The Bertz CT molecular complexity index is 252. The summed E-state index contributed by atoms with van der Waals surface area (Å²) in [5.41, 5.74) is -0.683. The van der Waals surface area contributed by atoms with Crippen LogP contribution in [0.15, 0.2) is 11.6 Å². The van der Waals surface area contributed by atoms with Gasteiger partial charge in [0.05, 0.1) is 0 Å². The second-order valence-corrected chi connectivity index (χ2v) is 3.35. The lowest BCUT2D eigenvalue weighted by atomic mass is 9.85. The molecule has 0 saturated carbocycles. The van der Waals surface area contributed by atoms with E-state index in [1.807, 2.05) is 0 Å². The zero-order valence-corrected chi connectivity index (χ0v) is 6.50. The van der Waals surface area contributed by atoms with Crippen molar-refractivity contribution < 1.29 is 14.6 Å². The lowest BCUT2D eigenvalue weighted by Gasteiger charge is -2.22. The first kappa shape index (κ1) is 7.00. The number of rotatable bonds is 0. The molecule has 1 aliphatic carbocycles. The van der Waals surface area contributed by atoms with Crippen molar-refractivity contribution in [2.75, 3.05) is 0 Å². The molecule has 11 heavy (non-hydrogen) atoms. The highest BCUT2D eigenvalue weighted by Gasteiger charge is 2.57. The number of carbonyl (C=O) groups excluding carboxylic acids is 1. The summed E-state index contributed by atoms with van der Waals surface area (Å²) >= 11 is 0. The Morgan fingerprint density at radius 1 is 1.73 bits per heavy atom. The van der Waals surface area contributed by atoms with Crippen molar-refractivity contribution in [2.45, 2.75) is 31.7 Å². The maximum atomic E-state index is 11.3. The van der Waals surface area contributed by atoms with Crippen molar-refractivity contribution in [1.29, 1.82) is 0 Å². The Labute approximate surface area is 64.7 Å². The van der Waals surface area contributed by atoms with Crippen LogP contribution in [-0.4, -0.2) is 28.7 Å². The number of fused-ring (bicyclic) bond motifs is 1. The van der Waals surface area contributed by atoms with Crippen LogP contribution in [-0.2, 0) is 9.53 Å². The van der Waals surface area contributed by atoms with E-state index in [9.17, 15) is 9.90 Å². The van der Waals surface area contributed by atoms with E-state index in [1.165, 1.54) is 6.92 Å². The normalized spacial score (nSPS) is 48.3. The topological polar surface area (TPSA) is 49.8 Å². The van der Waals surface area contributed by atoms with E-state index in [-0.39, 0.29) is 18.0 Å². The first-order chi connectivity index (χ1) is 5.03. The van der Waals surface area contributed by atoms with E-state index in [1.54, 1.807) is 13.0 Å². The van der Waals surface area contributed by atoms with Gasteiger partial charge in [0, 0.05) is 0 Å². The number of epoxide rings is 1. The molecule has 1 N–H and O–H groups in total. The molecule has 3 nitrogen and oxygen atoms in total. The van der Waals surface area contributed by atoms with Crippen LogP contribution in [0.2, 0.25) is 0 Å². The highest BCUT2D eigenvalue weighted by Crippen LogP contribution is 2.39. The summed E-state index contributed by atoms with van der Waals surface area (Å²) in [4.78, 5) is 11.3. The van der Waals surface area contributed by atoms with Gasteiger partial charge in [-0.1, -0.05) is 0 Å². The third kappa shape index (κ3) is 0.781. The monoisotopic (exact) mass is 154 g/mol. The Hall–Kier alpha value is -0.670. The van der Waals surface area contributed by atoms with Crippen LogP contribution in [0.1, 0.15) is 13.8 Å². The van der Waals surface area contributed by atoms with Gasteiger partial charge in [-0.2, -0.15) is 0 Å². The van der Waals surface area contributed by atoms with Crippen molar-refractivity contribution in [3.63, 3.8) is 0 Å². The van der Waals surface area contributed by atoms with Crippen LogP contribution in [0.25, 0.3) is 0 Å². The van der Waals surface area contributed by atoms with Crippen molar-refractivity contribution in [2.24, 2.45) is 0 Å². The van der Waals surface area contributed by atoms with E-state index in [0.29, 0.717) is 5.57 Å². The Morgan fingerprint density at radius 3 is 3.00 bits per heavy atom. The Balaban J connectivity index is 2.40. The summed E-state index contributed by atoms with van der Waals surface area (Å²) < 4.78 is 5.09. The number of Topliss-reactive ketones (excluding diaryl/α,β-unsaturated/α-hetero) is 1. The average Bonchev–Trinajstić information content (AvgIpc) is 2.64. The van der Waals surface area contributed by atoms with E-state index in [0.717, 1.165) is 0 Å². The molecule has 0 spiro atoms. The average molecular weight is 154 g/mol. The van der Waals surface area contributed by atoms with Gasteiger partial charge in [-0.15, -0.1) is 0 Å². The fourth-order valence-electron chi connectivity index (χ4n) is 1.55. The summed E-state index contributed by atoms with van der Waals surface area (Å²) in [6, 6.07) is 0. The molecule has 1 fully saturated rings. The van der Waals surface area contributed by atoms with Crippen molar-refractivity contribution in [1.82, 2.24) is 0 Å².